The van der Waals surface area contributed by atoms with E-state index in [2.05, 4.69) is 15.2 Å². The van der Waals surface area contributed by atoms with Gasteiger partial charge in [-0.2, -0.15) is 15.4 Å². The largest absolute Gasteiger partial charge is 0.461 e. The molecule has 1 aliphatic carbocycles. The van der Waals surface area contributed by atoms with Gasteiger partial charge in [0, 0.05) is 0 Å². The maximum Gasteiger partial charge on any atom is 0.459 e. The van der Waals surface area contributed by atoms with Gasteiger partial charge in [0.15, 0.2) is 11.9 Å². The van der Waals surface area contributed by atoms with Crippen molar-refractivity contribution in [2.75, 3.05) is 18.9 Å². The fourth-order valence-corrected chi connectivity index (χ4v) is 7.95. The van der Waals surface area contributed by atoms with Gasteiger partial charge in [0.1, 0.15) is 54.5 Å². The molecule has 7 atom stereocenters. The van der Waals surface area contributed by atoms with Crippen molar-refractivity contribution >= 4 is 37.0 Å². The molecule has 2 aliphatic rings. The highest BCUT2D eigenvalue weighted by Gasteiger charge is 2.67. The van der Waals surface area contributed by atoms with Gasteiger partial charge in [-0.15, -0.1) is 0 Å². The summed E-state index contributed by atoms with van der Waals surface area (Å²) in [6.45, 7) is 6.70. The molecule has 1 saturated heterocycles. The van der Waals surface area contributed by atoms with Crippen molar-refractivity contribution in [1.29, 1.82) is 5.26 Å². The normalized spacial score (nSPS) is 24.2. The van der Waals surface area contributed by atoms with Crippen LogP contribution in [0.15, 0.2) is 48.8 Å². The van der Waals surface area contributed by atoms with Crippen LogP contribution in [0.5, 0.6) is 5.75 Å². The summed E-state index contributed by atoms with van der Waals surface area (Å²) in [7, 11) is -4.63. The molecule has 1 unspecified atom stereocenters. The molecular weight excluding hydrogens is 747 g/mol. The third kappa shape index (κ3) is 9.15. The molecule has 2 aromatic heterocycles. The monoisotopic (exact) mass is 798 g/mol. The molecule has 2 fully saturated rings. The maximum atomic E-state index is 14.7. The molecule has 0 radical (unpaired) electrons. The van der Waals surface area contributed by atoms with Crippen molar-refractivity contribution in [3.63, 3.8) is 0 Å². The molecule has 56 heavy (non-hydrogen) atoms. The Morgan fingerprint density at radius 3 is 2.29 bits per heavy atom. The van der Waals surface area contributed by atoms with Gasteiger partial charge in [0.05, 0.1) is 12.3 Å². The van der Waals surface area contributed by atoms with Crippen molar-refractivity contribution in [2.45, 2.75) is 108 Å². The van der Waals surface area contributed by atoms with Crippen LogP contribution in [0.3, 0.4) is 0 Å². The molecule has 7 N–H and O–H groups in total. The van der Waals surface area contributed by atoms with E-state index in [-0.39, 0.29) is 23.4 Å². The van der Waals surface area contributed by atoms with Crippen molar-refractivity contribution in [2.24, 2.45) is 23.3 Å². The number of carbonyl (C=O) groups excluding carboxylic acids is 3. The number of para-hydroxylation sites is 1. The van der Waals surface area contributed by atoms with Crippen LogP contribution in [0, 0.1) is 23.2 Å². The predicted octanol–water partition coefficient (Wildman–Crippen LogP) is 3.28. The number of anilines is 1. The maximum absolute atomic E-state index is 14.7. The summed E-state index contributed by atoms with van der Waals surface area (Å²) in [5.74, 6) is -3.24. The highest BCUT2D eigenvalue weighted by molar-refractivity contribution is 7.52. The number of esters is 3. The van der Waals surface area contributed by atoms with Gasteiger partial charge in [-0.25, -0.2) is 14.1 Å². The minimum atomic E-state index is -4.63. The Bertz CT molecular complexity index is 1950. The molecule has 3 heterocycles. The van der Waals surface area contributed by atoms with E-state index >= 15 is 0 Å². The summed E-state index contributed by atoms with van der Waals surface area (Å²) >= 11 is 0. The predicted molar refractivity (Wildman–Crippen MR) is 201 cm³/mol. The van der Waals surface area contributed by atoms with E-state index in [0.29, 0.717) is 18.4 Å². The molecule has 304 valence electrons. The van der Waals surface area contributed by atoms with E-state index in [9.17, 15) is 24.2 Å². The molecule has 0 amide bonds. The molecule has 18 nitrogen and oxygen atoms in total. The number of carbonyl (C=O) groups is 3. The molecule has 3 aromatic rings. The molecule has 1 aliphatic heterocycles. The van der Waals surface area contributed by atoms with E-state index in [1.807, 2.05) is 6.07 Å². The molecule has 1 aromatic carbocycles. The Kier molecular flexibility index (Phi) is 13.4. The lowest BCUT2D eigenvalue weighted by Gasteiger charge is -2.37. The number of nitriles is 1. The first kappa shape index (κ1) is 42.5. The van der Waals surface area contributed by atoms with Gasteiger partial charge < -0.3 is 40.7 Å². The lowest BCUT2D eigenvalue weighted by Crippen LogP contribution is -2.57. The number of benzene rings is 1. The zero-order chi connectivity index (χ0) is 40.8. The second-order valence-electron chi connectivity index (χ2n) is 14.8. The summed E-state index contributed by atoms with van der Waals surface area (Å²) in [6, 6.07) is 9.49. The lowest BCUT2D eigenvalue weighted by molar-refractivity contribution is -0.190. The van der Waals surface area contributed by atoms with Gasteiger partial charge >= 0.3 is 25.7 Å². The molecule has 19 heteroatoms. The Hall–Kier alpha value is -4.63. The number of nitrogen functional groups attached to an aromatic ring is 1. The van der Waals surface area contributed by atoms with Gasteiger partial charge in [-0.05, 0) is 68.7 Å². The van der Waals surface area contributed by atoms with E-state index in [0.717, 1.165) is 25.6 Å². The lowest BCUT2D eigenvalue weighted by atomic mass is 9.85. The Labute approximate surface area is 325 Å². The molecule has 1 saturated carbocycles. The third-order valence-electron chi connectivity index (χ3n) is 9.95. The molecular formula is C37H51N8O10P. The number of fused-ring (bicyclic) bond motifs is 1. The first-order valence-electron chi connectivity index (χ1n) is 18.6. The first-order valence-corrected chi connectivity index (χ1v) is 20.1. The topological polar surface area (TPSA) is 268 Å². The van der Waals surface area contributed by atoms with Crippen LogP contribution in [0.1, 0.15) is 72.4 Å². The zero-order valence-electron chi connectivity index (χ0n) is 32.2. The highest BCUT2D eigenvalue weighted by atomic mass is 31.2. The van der Waals surface area contributed by atoms with Crippen molar-refractivity contribution < 1.29 is 46.9 Å². The zero-order valence-corrected chi connectivity index (χ0v) is 33.1. The van der Waals surface area contributed by atoms with Gasteiger partial charge in [-0.1, -0.05) is 52.3 Å². The van der Waals surface area contributed by atoms with Gasteiger partial charge in [-0.3, -0.25) is 18.9 Å². The molecule has 0 spiro atoms. The van der Waals surface area contributed by atoms with E-state index in [1.165, 1.54) is 29.6 Å². The number of ether oxygens (including phenoxy) is 4. The Morgan fingerprint density at radius 2 is 1.64 bits per heavy atom. The fraction of sp³-hybridized carbons (Fsp3) is 0.568. The van der Waals surface area contributed by atoms with Crippen LogP contribution in [0.25, 0.3) is 5.52 Å². The number of rotatable bonds is 16. The van der Waals surface area contributed by atoms with E-state index < -0.39 is 86.1 Å². The Morgan fingerprint density at radius 1 is 0.982 bits per heavy atom. The number of nitrogens with one attached hydrogen (secondary N) is 1. The number of hydrogen-bond donors (Lipinski definition) is 4. The average Bonchev–Trinajstić information content (AvgIpc) is 3.75. The van der Waals surface area contributed by atoms with Crippen LogP contribution < -0.4 is 26.8 Å². The van der Waals surface area contributed by atoms with Crippen molar-refractivity contribution in [3.8, 4) is 11.8 Å². The summed E-state index contributed by atoms with van der Waals surface area (Å²) in [4.78, 5) is 44.8. The van der Waals surface area contributed by atoms with Crippen molar-refractivity contribution in [3.05, 3.63) is 54.5 Å². The average molecular weight is 799 g/mol. The SMILES string of the molecule is CC(C)[C@@H](N)C(=O)O[C@@H]1[C@@](C#N)(COP(=O)(N[C@@H](C)C(=O)OC2CCCCC2)Oc2ccccc2)OC[C@]1(OC(=O)[C@H](N)C(C)C)c1ccc2c(N)ncnn12. The standard InChI is InChI=1S/C37H51N8O10P/c1-22(2)29(39)33(47)53-35-36(18-38,50-20-37(35,54-34(48)30(40)23(3)4)28-17-16-27-31(41)42-21-43-45(27)28)19-51-56(49,55-26-14-10-7-11-15-26)44-24(5)32(46)52-25-12-8-6-9-13-25/h7,10-11,14-17,21-25,29-30,35H,6,8-9,12-13,19-20,39-40H2,1-5H3,(H,44,49)(H2,41,42,43)/t24-,29+,30+,35+,36+,37-,56?/m0/s1. The summed E-state index contributed by atoms with van der Waals surface area (Å²) in [6.07, 6.45) is 3.31. The van der Waals surface area contributed by atoms with Crippen LogP contribution in [-0.4, -0.2) is 81.7 Å². The second kappa shape index (κ2) is 17.7. The number of aromatic nitrogens is 3. The molecule has 5 rings (SSSR count). The second-order valence-corrected chi connectivity index (χ2v) is 16.5. The van der Waals surface area contributed by atoms with Gasteiger partial charge in [0.2, 0.25) is 11.2 Å². The van der Waals surface area contributed by atoms with Crippen LogP contribution >= 0.6 is 7.75 Å². The summed E-state index contributed by atoms with van der Waals surface area (Å²) < 4.78 is 52.0. The minimum Gasteiger partial charge on any atom is -0.461 e. The Balaban J connectivity index is 1.58. The van der Waals surface area contributed by atoms with Crippen LogP contribution in [-0.2, 0) is 48.0 Å². The van der Waals surface area contributed by atoms with Gasteiger partial charge in [0.25, 0.3) is 0 Å². The number of nitrogens with zero attached hydrogens (tertiary/aromatic N) is 4. The fourth-order valence-electron chi connectivity index (χ4n) is 6.43. The van der Waals surface area contributed by atoms with E-state index in [4.69, 9.17) is 45.2 Å². The summed E-state index contributed by atoms with van der Waals surface area (Å²) in [5.41, 5.74) is 14.5. The summed E-state index contributed by atoms with van der Waals surface area (Å²) in [5, 5.41) is 17.9. The van der Waals surface area contributed by atoms with E-state index in [1.54, 1.807) is 52.0 Å². The minimum absolute atomic E-state index is 0.0667. The van der Waals surface area contributed by atoms with Crippen LogP contribution in [0.4, 0.5) is 5.82 Å². The number of hydrogen-bond acceptors (Lipinski definition) is 16. The smallest absolute Gasteiger partial charge is 0.459 e. The first-order chi connectivity index (χ1) is 26.5. The molecule has 0 bridgehead atoms. The van der Waals surface area contributed by atoms with Crippen LogP contribution in [0.2, 0.25) is 0 Å². The quantitative estimate of drug-likeness (QED) is 0.0920. The highest BCUT2D eigenvalue weighted by Crippen LogP contribution is 2.51. The van der Waals surface area contributed by atoms with Crippen molar-refractivity contribution in [1.82, 2.24) is 19.7 Å². The number of nitrogens with two attached hydrogens (primary N) is 3. The third-order valence-corrected chi connectivity index (χ3v) is 11.6.